The van der Waals surface area contributed by atoms with Crippen LogP contribution in [-0.2, 0) is 19.1 Å². The highest BCUT2D eigenvalue weighted by Crippen LogP contribution is 2.32. The van der Waals surface area contributed by atoms with Crippen molar-refractivity contribution in [1.29, 1.82) is 0 Å². The molecule has 0 radical (unpaired) electrons. The first-order valence-electron chi connectivity index (χ1n) is 7.40. The number of carbonyl (C=O) groups excluding carboxylic acids is 2. The van der Waals surface area contributed by atoms with Gasteiger partial charge in [0.1, 0.15) is 12.2 Å². The zero-order valence-corrected chi connectivity index (χ0v) is 13.4. The third-order valence-corrected chi connectivity index (χ3v) is 4.08. The number of ether oxygens (including phenoxy) is 2. The van der Waals surface area contributed by atoms with Gasteiger partial charge in [-0.3, -0.25) is 4.79 Å². The average molecular weight is 306 g/mol. The Morgan fingerprint density at radius 1 is 1.36 bits per heavy atom. The minimum absolute atomic E-state index is 0.358. The number of aliphatic hydroxyl groups is 1. The van der Waals surface area contributed by atoms with E-state index in [-0.39, 0.29) is 11.9 Å². The van der Waals surface area contributed by atoms with Crippen LogP contribution in [0.3, 0.4) is 0 Å². The maximum atomic E-state index is 11.8. The monoisotopic (exact) mass is 306 g/mol. The van der Waals surface area contributed by atoms with Crippen LogP contribution in [0.1, 0.15) is 40.5 Å². The van der Waals surface area contributed by atoms with Crippen LogP contribution >= 0.6 is 0 Å². The molecule has 2 rings (SSSR count). The molecule has 1 N–H and O–H groups in total. The Kier molecular flexibility index (Phi) is 4.86. The summed E-state index contributed by atoms with van der Waals surface area (Å²) in [6, 6.07) is 0. The Balaban J connectivity index is 2.40. The second kappa shape index (κ2) is 6.48. The maximum absolute atomic E-state index is 11.8. The van der Waals surface area contributed by atoms with Gasteiger partial charge in [-0.15, -0.1) is 0 Å². The summed E-state index contributed by atoms with van der Waals surface area (Å²) in [7, 11) is 0. The van der Waals surface area contributed by atoms with Crippen LogP contribution < -0.4 is 0 Å². The van der Waals surface area contributed by atoms with Gasteiger partial charge < -0.3 is 14.6 Å². The summed E-state index contributed by atoms with van der Waals surface area (Å²) >= 11 is 0. The summed E-state index contributed by atoms with van der Waals surface area (Å²) in [6.45, 7) is 6.78. The summed E-state index contributed by atoms with van der Waals surface area (Å²) in [5.41, 5.74) is 2.84. The van der Waals surface area contributed by atoms with Crippen LogP contribution in [0.4, 0.5) is 0 Å². The van der Waals surface area contributed by atoms with Gasteiger partial charge in [-0.05, 0) is 32.4 Å². The van der Waals surface area contributed by atoms with Crippen molar-refractivity contribution in [3.63, 3.8) is 0 Å². The lowest BCUT2D eigenvalue weighted by Crippen LogP contribution is -2.24. The SMILES string of the molecule is CC(=O)O[C@@H]1C/C=C(\C)C[C@H]2OC(=O)C(C)=C2[C@@H](O)/C=C/1C. The zero-order chi connectivity index (χ0) is 16.4. The van der Waals surface area contributed by atoms with E-state index in [4.69, 9.17) is 9.47 Å². The smallest absolute Gasteiger partial charge is 0.334 e. The van der Waals surface area contributed by atoms with E-state index in [0.29, 0.717) is 24.0 Å². The van der Waals surface area contributed by atoms with E-state index in [1.165, 1.54) is 6.92 Å². The summed E-state index contributed by atoms with van der Waals surface area (Å²) in [6.07, 6.45) is 2.96. The highest BCUT2D eigenvalue weighted by molar-refractivity contribution is 5.92. The minimum atomic E-state index is -0.916. The lowest BCUT2D eigenvalue weighted by Gasteiger charge is -2.23. The zero-order valence-electron chi connectivity index (χ0n) is 13.4. The molecular weight excluding hydrogens is 284 g/mol. The van der Waals surface area contributed by atoms with Crippen molar-refractivity contribution in [2.75, 3.05) is 0 Å². The first-order chi connectivity index (χ1) is 10.3. The molecule has 1 aliphatic carbocycles. The van der Waals surface area contributed by atoms with Crippen molar-refractivity contribution in [2.24, 2.45) is 0 Å². The van der Waals surface area contributed by atoms with Crippen molar-refractivity contribution < 1.29 is 24.2 Å². The summed E-state index contributed by atoms with van der Waals surface area (Å²) < 4.78 is 10.7. The highest BCUT2D eigenvalue weighted by Gasteiger charge is 2.35. The van der Waals surface area contributed by atoms with Crippen LogP contribution in [0.25, 0.3) is 0 Å². The predicted molar refractivity (Wildman–Crippen MR) is 80.9 cm³/mol. The molecule has 2 aliphatic rings. The van der Waals surface area contributed by atoms with Crippen molar-refractivity contribution in [2.45, 2.75) is 58.8 Å². The summed E-state index contributed by atoms with van der Waals surface area (Å²) in [5, 5.41) is 10.5. The van der Waals surface area contributed by atoms with Crippen LogP contribution in [0.2, 0.25) is 0 Å². The minimum Gasteiger partial charge on any atom is -0.458 e. The predicted octanol–water partition coefficient (Wildman–Crippen LogP) is 2.21. The number of fused-ring (bicyclic) bond motifs is 1. The molecule has 0 aromatic rings. The molecule has 3 atom stereocenters. The molecule has 1 heterocycles. The lowest BCUT2D eigenvalue weighted by molar-refractivity contribution is -0.144. The molecule has 5 heteroatoms. The molecular formula is C17H22O5. The Labute approximate surface area is 130 Å². The van der Waals surface area contributed by atoms with Gasteiger partial charge in [-0.1, -0.05) is 11.6 Å². The fourth-order valence-corrected chi connectivity index (χ4v) is 2.86. The van der Waals surface area contributed by atoms with Gasteiger partial charge in [0.05, 0.1) is 6.10 Å². The lowest BCUT2D eigenvalue weighted by atomic mass is 9.91. The van der Waals surface area contributed by atoms with Gasteiger partial charge in [0.15, 0.2) is 0 Å². The van der Waals surface area contributed by atoms with E-state index in [1.807, 2.05) is 19.9 Å². The number of esters is 2. The molecule has 0 saturated heterocycles. The third-order valence-electron chi connectivity index (χ3n) is 4.08. The van der Waals surface area contributed by atoms with Crippen LogP contribution in [0.5, 0.6) is 0 Å². The van der Waals surface area contributed by atoms with Crippen LogP contribution in [0, 0.1) is 0 Å². The molecule has 5 nitrogen and oxygen atoms in total. The quantitative estimate of drug-likeness (QED) is 0.594. The third kappa shape index (κ3) is 3.47. The Morgan fingerprint density at radius 3 is 2.68 bits per heavy atom. The van der Waals surface area contributed by atoms with Crippen LogP contribution in [0.15, 0.2) is 34.4 Å². The highest BCUT2D eigenvalue weighted by atomic mass is 16.6. The fourth-order valence-electron chi connectivity index (χ4n) is 2.86. The van der Waals surface area contributed by atoms with Gasteiger partial charge >= 0.3 is 11.9 Å². The average Bonchev–Trinajstić information content (AvgIpc) is 2.68. The summed E-state index contributed by atoms with van der Waals surface area (Å²) in [5.74, 6) is -0.739. The van der Waals surface area contributed by atoms with E-state index in [2.05, 4.69) is 0 Å². The second-order valence-electron chi connectivity index (χ2n) is 5.92. The van der Waals surface area contributed by atoms with E-state index < -0.39 is 18.3 Å². The molecule has 0 bridgehead atoms. The molecule has 1 aliphatic heterocycles. The maximum Gasteiger partial charge on any atom is 0.334 e. The Bertz CT molecular complexity index is 582. The van der Waals surface area contributed by atoms with Gasteiger partial charge in [0.2, 0.25) is 0 Å². The largest absolute Gasteiger partial charge is 0.458 e. The second-order valence-corrected chi connectivity index (χ2v) is 5.92. The van der Waals surface area contributed by atoms with Crippen molar-refractivity contribution in [3.05, 3.63) is 34.4 Å². The first-order valence-corrected chi connectivity index (χ1v) is 7.40. The topological polar surface area (TPSA) is 72.8 Å². The number of carbonyl (C=O) groups is 2. The van der Waals surface area contributed by atoms with Gasteiger partial charge in [-0.25, -0.2) is 4.79 Å². The molecule has 22 heavy (non-hydrogen) atoms. The molecule has 120 valence electrons. The van der Waals surface area contributed by atoms with Crippen molar-refractivity contribution in [1.82, 2.24) is 0 Å². The first kappa shape index (κ1) is 16.5. The van der Waals surface area contributed by atoms with E-state index >= 15 is 0 Å². The molecule has 0 aromatic carbocycles. The molecule has 0 unspecified atom stereocenters. The van der Waals surface area contributed by atoms with E-state index in [0.717, 1.165) is 11.1 Å². The Hall–Kier alpha value is -1.88. The fraction of sp³-hybridized carbons (Fsp3) is 0.529. The van der Waals surface area contributed by atoms with E-state index in [9.17, 15) is 14.7 Å². The summed E-state index contributed by atoms with van der Waals surface area (Å²) in [4.78, 5) is 23.0. The molecule has 0 fully saturated rings. The van der Waals surface area contributed by atoms with Crippen LogP contribution in [-0.4, -0.2) is 35.4 Å². The van der Waals surface area contributed by atoms with E-state index in [1.54, 1.807) is 13.0 Å². The van der Waals surface area contributed by atoms with Crippen molar-refractivity contribution in [3.8, 4) is 0 Å². The van der Waals surface area contributed by atoms with Crippen molar-refractivity contribution >= 4 is 11.9 Å². The molecule has 0 saturated carbocycles. The number of aliphatic hydroxyl groups excluding tert-OH is 1. The standard InChI is InChI=1S/C17H22O5/c1-9-5-6-14(21-12(4)18)10(2)8-13(19)16-11(3)17(20)22-15(16)7-9/h5,8,13-15,19H,6-7H2,1-4H3/b9-5+,10-8+/t13-,14+,15+/m0/s1. The molecule has 0 spiro atoms. The molecule has 0 amide bonds. The Morgan fingerprint density at radius 2 is 2.05 bits per heavy atom. The van der Waals surface area contributed by atoms with Gasteiger partial charge in [0.25, 0.3) is 0 Å². The molecule has 0 aromatic heterocycles. The normalized spacial score (nSPS) is 34.0. The van der Waals surface area contributed by atoms with Gasteiger partial charge in [0, 0.05) is 30.9 Å². The number of hydrogen-bond donors (Lipinski definition) is 1. The number of rotatable bonds is 1. The number of hydrogen-bond acceptors (Lipinski definition) is 5. The van der Waals surface area contributed by atoms with Gasteiger partial charge in [-0.2, -0.15) is 0 Å².